The fourth-order valence-electron chi connectivity index (χ4n) is 2.32. The predicted molar refractivity (Wildman–Crippen MR) is 106 cm³/mol. The molecular weight excluding hydrogens is 374 g/mol. The van der Waals surface area contributed by atoms with E-state index in [1.54, 1.807) is 6.08 Å². The maximum atomic E-state index is 12.6. The maximum Gasteiger partial charge on any atom is 0.305 e. The Balaban J connectivity index is 2.30. The van der Waals surface area contributed by atoms with Crippen LogP contribution in [0.5, 0.6) is 11.5 Å². The Hall–Kier alpha value is -2.06. The Morgan fingerprint density at radius 1 is 1.35 bits per heavy atom. The number of thioether (sulfide) groups is 1. The first-order valence-corrected chi connectivity index (χ1v) is 9.56. The number of ether oxygens (including phenoxy) is 2. The van der Waals surface area contributed by atoms with Gasteiger partial charge in [-0.05, 0) is 25.5 Å². The van der Waals surface area contributed by atoms with Gasteiger partial charge in [-0.15, -0.1) is 0 Å². The van der Waals surface area contributed by atoms with Crippen LogP contribution in [0.2, 0.25) is 0 Å². The fraction of sp³-hybridized carbons (Fsp3) is 0.389. The van der Waals surface area contributed by atoms with E-state index in [9.17, 15) is 9.59 Å². The minimum Gasteiger partial charge on any atom is -0.490 e. The summed E-state index contributed by atoms with van der Waals surface area (Å²) in [5.41, 5.74) is 0.725. The third-order valence-electron chi connectivity index (χ3n) is 3.47. The van der Waals surface area contributed by atoms with Gasteiger partial charge in [0.15, 0.2) is 11.5 Å². The highest BCUT2D eigenvalue weighted by atomic mass is 32.2. The second-order valence-electron chi connectivity index (χ2n) is 5.43. The lowest BCUT2D eigenvalue weighted by atomic mass is 10.1. The summed E-state index contributed by atoms with van der Waals surface area (Å²) in [6.45, 7) is 5.00. The molecule has 0 radical (unpaired) electrons. The number of carboxylic acids is 1. The number of carboxylic acid groups (broad SMARTS) is 1. The number of carbonyl (C=O) groups excluding carboxylic acids is 1. The number of hydrogen-bond acceptors (Lipinski definition) is 6. The molecule has 1 aromatic carbocycles. The molecule has 1 saturated heterocycles. The van der Waals surface area contributed by atoms with Crippen LogP contribution in [0.15, 0.2) is 23.1 Å². The molecule has 0 spiro atoms. The molecule has 0 unspecified atom stereocenters. The first-order chi connectivity index (χ1) is 12.5. The maximum absolute atomic E-state index is 12.6. The molecule has 8 heteroatoms. The van der Waals surface area contributed by atoms with Gasteiger partial charge in [0.2, 0.25) is 0 Å². The van der Waals surface area contributed by atoms with Gasteiger partial charge in [0, 0.05) is 12.1 Å². The van der Waals surface area contributed by atoms with Crippen molar-refractivity contribution in [3.8, 4) is 11.5 Å². The van der Waals surface area contributed by atoms with Crippen molar-refractivity contribution in [1.29, 1.82) is 0 Å². The molecule has 1 N–H and O–H groups in total. The third-order valence-corrected chi connectivity index (χ3v) is 4.85. The standard InChI is InChI=1S/C18H21NO5S2/c1-3-10-24-16-12(6-5-7-13(16)23-4-2)11-14-17(22)19(18(25)26-14)9-8-15(20)21/h5-7,11H,3-4,8-10H2,1-2H3,(H,20,21)/b14-11-. The van der Waals surface area contributed by atoms with Crippen molar-refractivity contribution in [2.75, 3.05) is 19.8 Å². The Labute approximate surface area is 162 Å². The molecule has 0 aromatic heterocycles. The third kappa shape index (κ3) is 4.98. The van der Waals surface area contributed by atoms with Crippen molar-refractivity contribution in [3.63, 3.8) is 0 Å². The van der Waals surface area contributed by atoms with Gasteiger partial charge in [-0.1, -0.05) is 43.0 Å². The summed E-state index contributed by atoms with van der Waals surface area (Å²) in [6.07, 6.45) is 2.41. The average molecular weight is 396 g/mol. The zero-order valence-corrected chi connectivity index (χ0v) is 16.3. The minimum atomic E-state index is -0.970. The molecule has 1 amide bonds. The van der Waals surface area contributed by atoms with E-state index >= 15 is 0 Å². The molecule has 1 fully saturated rings. The van der Waals surface area contributed by atoms with Gasteiger partial charge in [-0.25, -0.2) is 0 Å². The van der Waals surface area contributed by atoms with E-state index in [0.717, 1.165) is 23.7 Å². The second kappa shape index (κ2) is 9.59. The van der Waals surface area contributed by atoms with Crippen LogP contribution in [0.3, 0.4) is 0 Å². The number of nitrogens with zero attached hydrogens (tertiary/aromatic N) is 1. The highest BCUT2D eigenvalue weighted by molar-refractivity contribution is 8.26. The number of amides is 1. The Bertz CT molecular complexity index is 732. The second-order valence-corrected chi connectivity index (χ2v) is 7.11. The molecule has 0 bridgehead atoms. The van der Waals surface area contributed by atoms with Crippen LogP contribution in [0, 0.1) is 0 Å². The first kappa shape index (κ1) is 20.3. The number of aliphatic carboxylic acids is 1. The van der Waals surface area contributed by atoms with Crippen molar-refractivity contribution < 1.29 is 24.2 Å². The van der Waals surface area contributed by atoms with Crippen molar-refractivity contribution in [1.82, 2.24) is 4.90 Å². The number of thiocarbonyl (C=S) groups is 1. The van der Waals surface area contributed by atoms with E-state index in [-0.39, 0.29) is 18.9 Å². The molecule has 1 aliphatic rings. The smallest absolute Gasteiger partial charge is 0.305 e. The van der Waals surface area contributed by atoms with Gasteiger partial charge in [0.25, 0.3) is 5.91 Å². The molecule has 0 aliphatic carbocycles. The zero-order chi connectivity index (χ0) is 19.1. The number of rotatable bonds is 9. The summed E-state index contributed by atoms with van der Waals surface area (Å²) in [6, 6.07) is 5.50. The lowest BCUT2D eigenvalue weighted by Gasteiger charge is -2.14. The monoisotopic (exact) mass is 395 g/mol. The van der Waals surface area contributed by atoms with Crippen molar-refractivity contribution in [2.24, 2.45) is 0 Å². The summed E-state index contributed by atoms with van der Waals surface area (Å²) in [7, 11) is 0. The van der Waals surface area contributed by atoms with Crippen LogP contribution in [0.25, 0.3) is 6.08 Å². The van der Waals surface area contributed by atoms with Crippen LogP contribution >= 0.6 is 24.0 Å². The Morgan fingerprint density at radius 2 is 2.12 bits per heavy atom. The average Bonchev–Trinajstić information content (AvgIpc) is 2.86. The summed E-state index contributed by atoms with van der Waals surface area (Å²) in [5.74, 6) is -0.0461. The van der Waals surface area contributed by atoms with Crippen LogP contribution in [0.4, 0.5) is 0 Å². The molecule has 0 atom stereocenters. The van der Waals surface area contributed by atoms with E-state index in [0.29, 0.717) is 33.9 Å². The quantitative estimate of drug-likeness (QED) is 0.506. The SMILES string of the molecule is CCCOc1c(/C=C2\SC(=S)N(CCC(=O)O)C2=O)cccc1OCC. The van der Waals surface area contributed by atoms with Gasteiger partial charge < -0.3 is 14.6 Å². The van der Waals surface area contributed by atoms with Gasteiger partial charge in [-0.2, -0.15) is 0 Å². The Morgan fingerprint density at radius 3 is 2.77 bits per heavy atom. The minimum absolute atomic E-state index is 0.0650. The van der Waals surface area contributed by atoms with Gasteiger partial charge in [0.05, 0.1) is 24.5 Å². The van der Waals surface area contributed by atoms with Gasteiger partial charge in [-0.3, -0.25) is 14.5 Å². The molecule has 1 heterocycles. The van der Waals surface area contributed by atoms with Crippen LogP contribution in [-0.4, -0.2) is 46.0 Å². The van der Waals surface area contributed by atoms with Crippen molar-refractivity contribution >= 4 is 46.3 Å². The van der Waals surface area contributed by atoms with Crippen LogP contribution in [0.1, 0.15) is 32.3 Å². The lowest BCUT2D eigenvalue weighted by Crippen LogP contribution is -2.30. The number of carbonyl (C=O) groups is 2. The van der Waals surface area contributed by atoms with E-state index in [1.165, 1.54) is 4.90 Å². The summed E-state index contributed by atoms with van der Waals surface area (Å²) in [5, 5.41) is 8.81. The topological polar surface area (TPSA) is 76.1 Å². The molecule has 26 heavy (non-hydrogen) atoms. The van der Waals surface area contributed by atoms with Crippen molar-refractivity contribution in [2.45, 2.75) is 26.7 Å². The van der Waals surface area contributed by atoms with Crippen molar-refractivity contribution in [3.05, 3.63) is 28.7 Å². The van der Waals surface area contributed by atoms with Gasteiger partial charge in [0.1, 0.15) is 4.32 Å². The summed E-state index contributed by atoms with van der Waals surface area (Å²) in [4.78, 5) is 25.1. The zero-order valence-electron chi connectivity index (χ0n) is 14.7. The molecule has 0 saturated carbocycles. The molecule has 6 nitrogen and oxygen atoms in total. The van der Waals surface area contributed by atoms with Crippen LogP contribution < -0.4 is 9.47 Å². The lowest BCUT2D eigenvalue weighted by molar-refractivity contribution is -0.137. The van der Waals surface area contributed by atoms with Crippen LogP contribution in [-0.2, 0) is 9.59 Å². The Kier molecular flexibility index (Phi) is 7.47. The number of benzene rings is 1. The highest BCUT2D eigenvalue weighted by Gasteiger charge is 2.32. The molecule has 1 aliphatic heterocycles. The highest BCUT2D eigenvalue weighted by Crippen LogP contribution is 2.37. The molecule has 1 aromatic rings. The molecule has 2 rings (SSSR count). The molecule has 140 valence electrons. The van der Waals surface area contributed by atoms with E-state index in [4.69, 9.17) is 26.8 Å². The van der Waals surface area contributed by atoms with Gasteiger partial charge >= 0.3 is 5.97 Å². The number of para-hydroxylation sites is 1. The first-order valence-electron chi connectivity index (χ1n) is 8.33. The fourth-order valence-corrected chi connectivity index (χ4v) is 3.62. The number of hydrogen-bond donors (Lipinski definition) is 1. The summed E-state index contributed by atoms with van der Waals surface area (Å²) >= 11 is 6.37. The predicted octanol–water partition coefficient (Wildman–Crippen LogP) is 3.55. The normalized spacial score (nSPS) is 15.6. The summed E-state index contributed by atoms with van der Waals surface area (Å²) < 4.78 is 11.8. The van der Waals surface area contributed by atoms with E-state index in [1.807, 2.05) is 32.0 Å². The largest absolute Gasteiger partial charge is 0.490 e. The van der Waals surface area contributed by atoms with E-state index in [2.05, 4.69) is 0 Å². The molecular formula is C18H21NO5S2. The van der Waals surface area contributed by atoms with E-state index < -0.39 is 5.97 Å².